The van der Waals surface area contributed by atoms with Gasteiger partial charge in [-0.25, -0.2) is 14.4 Å². The number of nitrogens with zero attached hydrogens (tertiary/aromatic N) is 3. The van der Waals surface area contributed by atoms with E-state index in [1.54, 1.807) is 18.5 Å². The Morgan fingerprint density at radius 1 is 1.00 bits per heavy atom. The van der Waals surface area contributed by atoms with Crippen LogP contribution in [0.5, 0.6) is 0 Å². The highest BCUT2D eigenvalue weighted by Gasteiger charge is 2.09. The molecule has 1 fully saturated rings. The second-order valence-corrected chi connectivity index (χ2v) is 5.97. The number of ether oxygens (including phenoxy) is 1. The number of anilines is 2. The minimum Gasteiger partial charge on any atom is -0.379 e. The Hall–Kier alpha value is -2.25. The van der Waals surface area contributed by atoms with E-state index in [4.69, 9.17) is 4.74 Å². The lowest BCUT2D eigenvalue weighted by Gasteiger charge is -2.26. The third kappa shape index (κ3) is 5.95. The van der Waals surface area contributed by atoms with Gasteiger partial charge in [-0.2, -0.15) is 0 Å². The van der Waals surface area contributed by atoms with E-state index in [2.05, 4.69) is 25.5 Å². The lowest BCUT2D eigenvalue weighted by atomic mass is 10.1. The van der Waals surface area contributed by atoms with E-state index < -0.39 is 0 Å². The molecule has 2 aromatic rings. The third-order valence-electron chi connectivity index (χ3n) is 4.14. The van der Waals surface area contributed by atoms with Gasteiger partial charge in [0.1, 0.15) is 23.8 Å². The van der Waals surface area contributed by atoms with Crippen LogP contribution in [-0.2, 0) is 11.2 Å². The van der Waals surface area contributed by atoms with E-state index in [-0.39, 0.29) is 5.82 Å². The van der Waals surface area contributed by atoms with Crippen LogP contribution in [0.4, 0.5) is 16.0 Å². The van der Waals surface area contributed by atoms with Crippen LogP contribution in [0.2, 0.25) is 0 Å². The Morgan fingerprint density at radius 2 is 1.68 bits per heavy atom. The number of nitrogens with one attached hydrogen (secondary N) is 2. The maximum absolute atomic E-state index is 12.9. The van der Waals surface area contributed by atoms with Crippen LogP contribution in [0.3, 0.4) is 0 Å². The van der Waals surface area contributed by atoms with E-state index >= 15 is 0 Å². The molecule has 0 radical (unpaired) electrons. The summed E-state index contributed by atoms with van der Waals surface area (Å²) in [6.07, 6.45) is 2.36. The van der Waals surface area contributed by atoms with Gasteiger partial charge >= 0.3 is 0 Å². The van der Waals surface area contributed by atoms with Crippen molar-refractivity contribution in [1.82, 2.24) is 14.9 Å². The Balaban J connectivity index is 1.40. The average molecular weight is 345 g/mol. The summed E-state index contributed by atoms with van der Waals surface area (Å²) in [4.78, 5) is 10.9. The number of hydrogen-bond donors (Lipinski definition) is 2. The molecule has 1 aromatic heterocycles. The topological polar surface area (TPSA) is 62.3 Å². The fraction of sp³-hybridized carbons (Fsp3) is 0.444. The molecule has 1 aliphatic heterocycles. The van der Waals surface area contributed by atoms with Crippen molar-refractivity contribution in [3.63, 3.8) is 0 Å². The molecule has 0 spiro atoms. The zero-order valence-corrected chi connectivity index (χ0v) is 14.2. The summed E-state index contributed by atoms with van der Waals surface area (Å²) in [6.45, 7) is 6.15. The van der Waals surface area contributed by atoms with Gasteiger partial charge in [-0.15, -0.1) is 0 Å². The largest absolute Gasteiger partial charge is 0.379 e. The predicted molar refractivity (Wildman–Crippen MR) is 96.4 cm³/mol. The maximum atomic E-state index is 12.9. The smallest absolute Gasteiger partial charge is 0.131 e. The van der Waals surface area contributed by atoms with Gasteiger partial charge in [0.15, 0.2) is 0 Å². The standard InChI is InChI=1S/C18H24FN5O/c19-16-3-1-15(2-4-16)5-6-20-17-13-18(23-14-22-17)21-7-8-24-9-11-25-12-10-24/h1-4,13-14H,5-12H2,(H2,20,21,22,23). The van der Waals surface area contributed by atoms with Crippen LogP contribution in [0.25, 0.3) is 0 Å². The van der Waals surface area contributed by atoms with Crippen LogP contribution in [0, 0.1) is 5.82 Å². The summed E-state index contributed by atoms with van der Waals surface area (Å²) < 4.78 is 18.2. The van der Waals surface area contributed by atoms with Gasteiger partial charge < -0.3 is 15.4 Å². The molecule has 1 aliphatic rings. The molecule has 0 unspecified atom stereocenters. The SMILES string of the molecule is Fc1ccc(CCNc2cc(NCCN3CCOCC3)ncn2)cc1. The number of benzene rings is 1. The predicted octanol–water partition coefficient (Wildman–Crippen LogP) is 2.01. The molecule has 134 valence electrons. The van der Waals surface area contributed by atoms with Crippen molar-refractivity contribution in [2.45, 2.75) is 6.42 Å². The first-order valence-electron chi connectivity index (χ1n) is 8.64. The van der Waals surface area contributed by atoms with Crippen molar-refractivity contribution in [1.29, 1.82) is 0 Å². The minimum absolute atomic E-state index is 0.208. The molecular formula is C18H24FN5O. The van der Waals surface area contributed by atoms with Gasteiger partial charge in [0.2, 0.25) is 0 Å². The first kappa shape index (κ1) is 17.6. The van der Waals surface area contributed by atoms with Crippen LogP contribution in [0.1, 0.15) is 5.56 Å². The lowest BCUT2D eigenvalue weighted by Crippen LogP contribution is -2.39. The minimum atomic E-state index is -0.208. The van der Waals surface area contributed by atoms with E-state index in [0.717, 1.165) is 69.6 Å². The number of hydrogen-bond acceptors (Lipinski definition) is 6. The van der Waals surface area contributed by atoms with Gasteiger partial charge in [-0.05, 0) is 24.1 Å². The monoisotopic (exact) mass is 345 g/mol. The molecule has 6 nitrogen and oxygen atoms in total. The second kappa shape index (κ2) is 9.29. The van der Waals surface area contributed by atoms with Crippen LogP contribution >= 0.6 is 0 Å². The Morgan fingerprint density at radius 3 is 2.40 bits per heavy atom. The highest BCUT2D eigenvalue weighted by molar-refractivity contribution is 5.46. The molecule has 7 heteroatoms. The summed E-state index contributed by atoms with van der Waals surface area (Å²) >= 11 is 0. The number of halogens is 1. The van der Waals surface area contributed by atoms with Crippen molar-refractivity contribution < 1.29 is 9.13 Å². The number of aromatic nitrogens is 2. The van der Waals surface area contributed by atoms with Crippen LogP contribution < -0.4 is 10.6 Å². The maximum Gasteiger partial charge on any atom is 0.131 e. The van der Waals surface area contributed by atoms with E-state index in [9.17, 15) is 4.39 Å². The molecule has 1 saturated heterocycles. The van der Waals surface area contributed by atoms with Gasteiger partial charge in [-0.3, -0.25) is 4.90 Å². The highest BCUT2D eigenvalue weighted by atomic mass is 19.1. The second-order valence-electron chi connectivity index (χ2n) is 5.97. The lowest BCUT2D eigenvalue weighted by molar-refractivity contribution is 0.0398. The van der Waals surface area contributed by atoms with Gasteiger partial charge in [0, 0.05) is 38.8 Å². The zero-order valence-electron chi connectivity index (χ0n) is 14.2. The van der Waals surface area contributed by atoms with E-state index in [1.807, 2.05) is 6.07 Å². The molecule has 2 heterocycles. The first-order valence-corrected chi connectivity index (χ1v) is 8.64. The van der Waals surface area contributed by atoms with E-state index in [0.29, 0.717) is 0 Å². The van der Waals surface area contributed by atoms with Crippen LogP contribution in [-0.4, -0.2) is 60.8 Å². The summed E-state index contributed by atoms with van der Waals surface area (Å²) in [6, 6.07) is 8.47. The highest BCUT2D eigenvalue weighted by Crippen LogP contribution is 2.09. The molecular weight excluding hydrogens is 321 g/mol. The molecule has 0 aliphatic carbocycles. The molecule has 25 heavy (non-hydrogen) atoms. The fourth-order valence-corrected chi connectivity index (χ4v) is 2.70. The molecule has 0 saturated carbocycles. The summed E-state index contributed by atoms with van der Waals surface area (Å²) in [5.74, 6) is 1.39. The fourth-order valence-electron chi connectivity index (χ4n) is 2.70. The van der Waals surface area contributed by atoms with Crippen molar-refractivity contribution in [3.8, 4) is 0 Å². The van der Waals surface area contributed by atoms with Crippen molar-refractivity contribution in [2.24, 2.45) is 0 Å². The Labute approximate surface area is 147 Å². The molecule has 0 amide bonds. The summed E-state index contributed by atoms with van der Waals surface area (Å²) in [5, 5.41) is 6.61. The van der Waals surface area contributed by atoms with Gasteiger partial charge in [-0.1, -0.05) is 12.1 Å². The summed E-state index contributed by atoms with van der Waals surface area (Å²) in [7, 11) is 0. The first-order chi connectivity index (χ1) is 12.3. The summed E-state index contributed by atoms with van der Waals surface area (Å²) in [5.41, 5.74) is 1.09. The quantitative estimate of drug-likeness (QED) is 0.763. The van der Waals surface area contributed by atoms with Crippen LogP contribution in [0.15, 0.2) is 36.7 Å². The van der Waals surface area contributed by atoms with Crippen molar-refractivity contribution in [2.75, 3.05) is 56.6 Å². The molecule has 2 N–H and O–H groups in total. The Kier molecular flexibility index (Phi) is 6.53. The van der Waals surface area contributed by atoms with Crippen molar-refractivity contribution in [3.05, 3.63) is 48.0 Å². The van der Waals surface area contributed by atoms with Gasteiger partial charge in [0.25, 0.3) is 0 Å². The zero-order chi connectivity index (χ0) is 17.3. The average Bonchev–Trinajstić information content (AvgIpc) is 2.65. The molecule has 0 bridgehead atoms. The Bertz CT molecular complexity index is 646. The van der Waals surface area contributed by atoms with Crippen molar-refractivity contribution >= 4 is 11.6 Å². The molecule has 1 aromatic carbocycles. The van der Waals surface area contributed by atoms with Gasteiger partial charge in [0.05, 0.1) is 13.2 Å². The molecule has 3 rings (SSSR count). The third-order valence-corrected chi connectivity index (χ3v) is 4.14. The number of morpholine rings is 1. The molecule has 0 atom stereocenters. The number of rotatable bonds is 8. The normalized spacial score (nSPS) is 15.1. The van der Waals surface area contributed by atoms with E-state index in [1.165, 1.54) is 12.1 Å².